The van der Waals surface area contributed by atoms with E-state index in [4.69, 9.17) is 0 Å². The smallest absolute Gasteiger partial charge is 0.211 e. The van der Waals surface area contributed by atoms with Crippen molar-refractivity contribution in [3.63, 3.8) is 0 Å². The number of aromatic nitrogens is 2. The summed E-state index contributed by atoms with van der Waals surface area (Å²) < 4.78 is 25.8. The van der Waals surface area contributed by atoms with Crippen LogP contribution < -0.4 is 10.0 Å². The second-order valence-corrected chi connectivity index (χ2v) is 6.03. The molecule has 0 radical (unpaired) electrons. The number of unbranched alkanes of at least 4 members (excludes halogenated alkanes) is 1. The Morgan fingerprint density at radius 3 is 2.61 bits per heavy atom. The monoisotopic (exact) mass is 272 g/mol. The molecule has 102 valence electrons. The van der Waals surface area contributed by atoms with Crippen LogP contribution in [0.1, 0.15) is 24.2 Å². The van der Waals surface area contributed by atoms with Gasteiger partial charge in [0, 0.05) is 6.20 Å². The lowest BCUT2D eigenvalue weighted by Gasteiger charge is -2.06. The molecule has 1 aromatic heterocycles. The number of nitrogens with one attached hydrogen (secondary N) is 2. The first-order chi connectivity index (χ1) is 8.53. The summed E-state index contributed by atoms with van der Waals surface area (Å²) in [5.74, 6) is 0.147. The van der Waals surface area contributed by atoms with E-state index in [9.17, 15) is 8.42 Å². The number of rotatable bonds is 8. The first kappa shape index (κ1) is 15.0. The fourth-order valence-electron chi connectivity index (χ4n) is 1.36. The molecule has 0 aromatic carbocycles. The van der Waals surface area contributed by atoms with Crippen molar-refractivity contribution >= 4 is 10.0 Å². The van der Waals surface area contributed by atoms with Crippen molar-refractivity contribution in [1.82, 2.24) is 20.0 Å². The molecule has 2 N–H and O–H groups in total. The van der Waals surface area contributed by atoms with Crippen LogP contribution in [0, 0.1) is 6.92 Å². The van der Waals surface area contributed by atoms with Crippen LogP contribution in [0.15, 0.2) is 12.4 Å². The molecule has 0 saturated carbocycles. The molecule has 1 rings (SSSR count). The molecule has 0 amide bonds. The molecule has 18 heavy (non-hydrogen) atoms. The van der Waals surface area contributed by atoms with Crippen molar-refractivity contribution in [1.29, 1.82) is 0 Å². The van der Waals surface area contributed by atoms with Gasteiger partial charge in [0.1, 0.15) is 0 Å². The Morgan fingerprint density at radius 1 is 1.22 bits per heavy atom. The molecule has 0 aliphatic carbocycles. The van der Waals surface area contributed by atoms with Crippen LogP contribution >= 0.6 is 0 Å². The predicted octanol–water partition coefficient (Wildman–Crippen LogP) is 0.204. The molecule has 0 aliphatic rings. The number of hydrogen-bond donors (Lipinski definition) is 2. The maximum Gasteiger partial charge on any atom is 0.211 e. The SMILES string of the molecule is CNCCCCS(=O)(=O)NCc1cnc(C)cn1. The molecule has 0 bridgehead atoms. The molecule has 1 heterocycles. The van der Waals surface area contributed by atoms with Gasteiger partial charge in [-0.05, 0) is 33.4 Å². The number of aryl methyl sites for hydroxylation is 1. The standard InChI is InChI=1S/C11H20N4O2S/c1-10-7-14-11(8-13-10)9-15-18(16,17)6-4-3-5-12-2/h7-8,12,15H,3-6,9H2,1-2H3. The average Bonchev–Trinajstić information content (AvgIpc) is 2.34. The molecule has 7 heteroatoms. The van der Waals surface area contributed by atoms with Crippen LogP contribution in [0.5, 0.6) is 0 Å². The summed E-state index contributed by atoms with van der Waals surface area (Å²) in [6.07, 6.45) is 4.70. The second-order valence-electron chi connectivity index (χ2n) is 4.10. The van der Waals surface area contributed by atoms with Crippen molar-refractivity contribution < 1.29 is 8.42 Å². The predicted molar refractivity (Wildman–Crippen MR) is 70.6 cm³/mol. The molecule has 0 spiro atoms. The van der Waals surface area contributed by atoms with Crippen LogP contribution in [0.2, 0.25) is 0 Å². The minimum atomic E-state index is -3.22. The van der Waals surface area contributed by atoms with E-state index in [1.807, 2.05) is 14.0 Å². The van der Waals surface area contributed by atoms with Gasteiger partial charge in [-0.2, -0.15) is 0 Å². The van der Waals surface area contributed by atoms with Crippen molar-refractivity contribution in [3.05, 3.63) is 23.8 Å². The summed E-state index contributed by atoms with van der Waals surface area (Å²) in [5, 5.41) is 2.98. The van der Waals surface area contributed by atoms with Crippen molar-refractivity contribution in [3.8, 4) is 0 Å². The van der Waals surface area contributed by atoms with E-state index >= 15 is 0 Å². The van der Waals surface area contributed by atoms with Crippen LogP contribution in [0.25, 0.3) is 0 Å². The first-order valence-electron chi connectivity index (χ1n) is 5.93. The van der Waals surface area contributed by atoms with Gasteiger partial charge >= 0.3 is 0 Å². The third-order valence-corrected chi connectivity index (χ3v) is 3.81. The molecule has 0 aliphatic heterocycles. The third kappa shape index (κ3) is 6.04. The van der Waals surface area contributed by atoms with Gasteiger partial charge in [-0.15, -0.1) is 0 Å². The topological polar surface area (TPSA) is 84.0 Å². The molecule has 0 unspecified atom stereocenters. The first-order valence-corrected chi connectivity index (χ1v) is 7.58. The lowest BCUT2D eigenvalue weighted by molar-refractivity contribution is 0.574. The summed E-state index contributed by atoms with van der Waals surface area (Å²) in [7, 11) is -1.37. The number of sulfonamides is 1. The van der Waals surface area contributed by atoms with Crippen molar-refractivity contribution in [2.45, 2.75) is 26.3 Å². The highest BCUT2D eigenvalue weighted by atomic mass is 32.2. The fourth-order valence-corrected chi connectivity index (χ4v) is 2.46. The highest BCUT2D eigenvalue weighted by Gasteiger charge is 2.09. The van der Waals surface area contributed by atoms with E-state index in [2.05, 4.69) is 20.0 Å². The Bertz CT molecular complexity index is 445. The van der Waals surface area contributed by atoms with E-state index in [0.717, 1.165) is 18.7 Å². The Hall–Kier alpha value is -1.05. The van der Waals surface area contributed by atoms with Gasteiger partial charge in [-0.1, -0.05) is 0 Å². The third-order valence-electron chi connectivity index (χ3n) is 2.40. The Balaban J connectivity index is 2.34. The largest absolute Gasteiger partial charge is 0.320 e. The van der Waals surface area contributed by atoms with Crippen LogP contribution in [-0.4, -0.2) is 37.7 Å². The van der Waals surface area contributed by atoms with Gasteiger partial charge in [0.2, 0.25) is 10.0 Å². The molecule has 6 nitrogen and oxygen atoms in total. The van der Waals surface area contributed by atoms with Gasteiger partial charge in [-0.25, -0.2) is 13.1 Å². The molecular weight excluding hydrogens is 252 g/mol. The molecule has 0 saturated heterocycles. The second kappa shape index (κ2) is 7.40. The lowest BCUT2D eigenvalue weighted by Crippen LogP contribution is -2.26. The maximum absolute atomic E-state index is 11.7. The summed E-state index contributed by atoms with van der Waals surface area (Å²) in [6, 6.07) is 0. The van der Waals surface area contributed by atoms with Crippen LogP contribution in [-0.2, 0) is 16.6 Å². The molecular formula is C11H20N4O2S. The maximum atomic E-state index is 11.7. The Kier molecular flexibility index (Phi) is 6.17. The van der Waals surface area contributed by atoms with E-state index in [1.54, 1.807) is 12.4 Å². The van der Waals surface area contributed by atoms with E-state index in [-0.39, 0.29) is 12.3 Å². The molecule has 0 atom stereocenters. The summed E-state index contributed by atoms with van der Waals surface area (Å²) in [5.41, 5.74) is 1.44. The van der Waals surface area contributed by atoms with Gasteiger partial charge in [-0.3, -0.25) is 9.97 Å². The van der Waals surface area contributed by atoms with Gasteiger partial charge in [0.05, 0.1) is 29.9 Å². The van der Waals surface area contributed by atoms with E-state index in [0.29, 0.717) is 12.1 Å². The quantitative estimate of drug-likeness (QED) is 0.661. The van der Waals surface area contributed by atoms with Crippen molar-refractivity contribution in [2.24, 2.45) is 0 Å². The van der Waals surface area contributed by atoms with E-state index in [1.165, 1.54) is 0 Å². The van der Waals surface area contributed by atoms with Crippen LogP contribution in [0.4, 0.5) is 0 Å². The molecule has 0 fully saturated rings. The van der Waals surface area contributed by atoms with Crippen LogP contribution in [0.3, 0.4) is 0 Å². The minimum Gasteiger partial charge on any atom is -0.320 e. The number of nitrogens with zero attached hydrogens (tertiary/aromatic N) is 2. The summed E-state index contributed by atoms with van der Waals surface area (Å²) >= 11 is 0. The lowest BCUT2D eigenvalue weighted by atomic mass is 10.3. The summed E-state index contributed by atoms with van der Waals surface area (Å²) in [4.78, 5) is 8.15. The zero-order chi connectivity index (χ0) is 13.4. The zero-order valence-electron chi connectivity index (χ0n) is 10.8. The van der Waals surface area contributed by atoms with Gasteiger partial charge in [0.15, 0.2) is 0 Å². The van der Waals surface area contributed by atoms with Gasteiger partial charge < -0.3 is 5.32 Å². The number of hydrogen-bond acceptors (Lipinski definition) is 5. The Morgan fingerprint density at radius 2 is 2.00 bits per heavy atom. The summed E-state index contributed by atoms with van der Waals surface area (Å²) in [6.45, 7) is 2.86. The van der Waals surface area contributed by atoms with Gasteiger partial charge in [0.25, 0.3) is 0 Å². The normalized spacial score (nSPS) is 11.7. The highest BCUT2D eigenvalue weighted by molar-refractivity contribution is 7.89. The average molecular weight is 272 g/mol. The highest BCUT2D eigenvalue weighted by Crippen LogP contribution is 1.98. The van der Waals surface area contributed by atoms with E-state index < -0.39 is 10.0 Å². The Labute approximate surface area is 108 Å². The molecule has 1 aromatic rings. The zero-order valence-corrected chi connectivity index (χ0v) is 11.6. The fraction of sp³-hybridized carbons (Fsp3) is 0.636. The minimum absolute atomic E-state index is 0.147. The van der Waals surface area contributed by atoms with Crippen molar-refractivity contribution in [2.75, 3.05) is 19.3 Å².